The molecule has 2 aliphatic carbocycles. The van der Waals surface area contributed by atoms with Crippen LogP contribution in [0.3, 0.4) is 0 Å². The molecule has 0 atom stereocenters. The Morgan fingerprint density at radius 3 is 2.57 bits per heavy atom. The molecule has 1 aromatic heterocycles. The summed E-state index contributed by atoms with van der Waals surface area (Å²) < 4.78 is 1.11. The molecule has 2 amide bonds. The second kappa shape index (κ2) is 4.98. The maximum absolute atomic E-state index is 12.5. The second-order valence-corrected chi connectivity index (χ2v) is 7.22. The van der Waals surface area contributed by atoms with E-state index in [9.17, 15) is 4.79 Å². The number of benzene rings is 1. The van der Waals surface area contributed by atoms with E-state index in [1.165, 1.54) is 37.0 Å². The molecule has 21 heavy (non-hydrogen) atoms. The van der Waals surface area contributed by atoms with Crippen LogP contribution < -0.4 is 5.32 Å². The van der Waals surface area contributed by atoms with Crippen LogP contribution >= 0.6 is 11.3 Å². The van der Waals surface area contributed by atoms with E-state index in [-0.39, 0.29) is 6.03 Å². The van der Waals surface area contributed by atoms with Crippen molar-refractivity contribution in [2.45, 2.75) is 31.7 Å². The summed E-state index contributed by atoms with van der Waals surface area (Å²) in [6.45, 7) is 0. The Labute approximate surface area is 128 Å². The number of hydrogen-bond donors (Lipinski definition) is 1. The van der Waals surface area contributed by atoms with E-state index >= 15 is 0 Å². The summed E-state index contributed by atoms with van der Waals surface area (Å²) in [6, 6.07) is 8.38. The first kappa shape index (κ1) is 13.1. The highest BCUT2D eigenvalue weighted by Crippen LogP contribution is 2.46. The molecule has 4 rings (SSSR count). The van der Waals surface area contributed by atoms with Crippen molar-refractivity contribution >= 4 is 32.7 Å². The lowest BCUT2D eigenvalue weighted by Gasteiger charge is -2.28. The van der Waals surface area contributed by atoms with Crippen molar-refractivity contribution in [3.63, 3.8) is 0 Å². The maximum atomic E-state index is 12.5. The Balaban J connectivity index is 1.49. The molecule has 2 aromatic rings. The van der Waals surface area contributed by atoms with Gasteiger partial charge in [-0.05, 0) is 49.7 Å². The van der Waals surface area contributed by atoms with Crippen LogP contribution in [-0.4, -0.2) is 29.0 Å². The zero-order valence-corrected chi connectivity index (χ0v) is 12.9. The Hall–Kier alpha value is -1.62. The number of rotatable bonds is 4. The maximum Gasteiger partial charge on any atom is 0.323 e. The van der Waals surface area contributed by atoms with E-state index < -0.39 is 0 Å². The first-order valence-electron chi connectivity index (χ1n) is 7.62. The third-order valence-corrected chi connectivity index (χ3v) is 5.44. The molecule has 5 heteroatoms. The van der Waals surface area contributed by atoms with E-state index in [4.69, 9.17) is 0 Å². The van der Waals surface area contributed by atoms with E-state index in [2.05, 4.69) is 10.3 Å². The van der Waals surface area contributed by atoms with Crippen LogP contribution in [-0.2, 0) is 0 Å². The lowest BCUT2D eigenvalue weighted by molar-refractivity contribution is 0.187. The first-order valence-corrected chi connectivity index (χ1v) is 8.43. The van der Waals surface area contributed by atoms with Gasteiger partial charge >= 0.3 is 6.03 Å². The minimum Gasteiger partial charge on any atom is -0.324 e. The van der Waals surface area contributed by atoms with Gasteiger partial charge < -0.3 is 4.90 Å². The molecule has 0 bridgehead atoms. The molecule has 0 aliphatic heterocycles. The molecule has 1 heterocycles. The smallest absolute Gasteiger partial charge is 0.323 e. The van der Waals surface area contributed by atoms with Gasteiger partial charge in [-0.2, -0.15) is 0 Å². The van der Waals surface area contributed by atoms with Crippen molar-refractivity contribution in [1.82, 2.24) is 9.88 Å². The molecule has 0 spiro atoms. The fraction of sp³-hybridized carbons (Fsp3) is 0.500. The lowest BCUT2D eigenvalue weighted by atomic mass is 10.1. The fourth-order valence-electron chi connectivity index (χ4n) is 3.13. The summed E-state index contributed by atoms with van der Waals surface area (Å²) in [4.78, 5) is 18.9. The molecule has 1 aromatic carbocycles. The Morgan fingerprint density at radius 2 is 1.95 bits per heavy atom. The van der Waals surface area contributed by atoms with Gasteiger partial charge in [-0.15, -0.1) is 0 Å². The van der Waals surface area contributed by atoms with Crippen LogP contribution in [0.15, 0.2) is 24.3 Å². The molecule has 4 nitrogen and oxygen atoms in total. The monoisotopic (exact) mass is 301 g/mol. The molecular weight excluding hydrogens is 282 g/mol. The minimum absolute atomic E-state index is 0.0159. The zero-order chi connectivity index (χ0) is 14.4. The predicted molar refractivity (Wildman–Crippen MR) is 85.6 cm³/mol. The van der Waals surface area contributed by atoms with Crippen molar-refractivity contribution in [1.29, 1.82) is 0 Å². The molecule has 0 saturated heterocycles. The van der Waals surface area contributed by atoms with Crippen LogP contribution in [0.4, 0.5) is 9.93 Å². The summed E-state index contributed by atoms with van der Waals surface area (Å²) in [5.41, 5.74) is 0.946. The summed E-state index contributed by atoms with van der Waals surface area (Å²) >= 11 is 1.53. The summed E-state index contributed by atoms with van der Waals surface area (Å²) in [7, 11) is 1.93. The van der Waals surface area contributed by atoms with Crippen molar-refractivity contribution in [2.24, 2.45) is 11.8 Å². The lowest BCUT2D eigenvalue weighted by Crippen LogP contribution is -2.42. The number of urea groups is 1. The third kappa shape index (κ3) is 2.62. The van der Waals surface area contributed by atoms with Crippen LogP contribution in [0.2, 0.25) is 0 Å². The highest BCUT2D eigenvalue weighted by atomic mass is 32.1. The molecular formula is C16H19N3OS. The SMILES string of the molecule is CN(C(=O)Nc1nc2ccccc2s1)C(C1CC1)C1CC1. The van der Waals surface area contributed by atoms with Crippen molar-refractivity contribution in [3.8, 4) is 0 Å². The highest BCUT2D eigenvalue weighted by molar-refractivity contribution is 7.22. The summed E-state index contributed by atoms with van der Waals surface area (Å²) in [6.07, 6.45) is 5.11. The average Bonchev–Trinajstić information content (AvgIpc) is 3.39. The van der Waals surface area contributed by atoms with E-state index in [0.29, 0.717) is 11.2 Å². The standard InChI is InChI=1S/C16H19N3OS/c1-19(14(10-6-7-10)11-8-9-11)16(20)18-15-17-12-4-2-3-5-13(12)21-15/h2-5,10-11,14H,6-9H2,1H3,(H,17,18,20). The number of fused-ring (bicyclic) bond motifs is 1. The van der Waals surface area contributed by atoms with Gasteiger partial charge in [0.2, 0.25) is 0 Å². The molecule has 2 saturated carbocycles. The number of amides is 2. The van der Waals surface area contributed by atoms with E-state index in [1.807, 2.05) is 36.2 Å². The van der Waals surface area contributed by atoms with Gasteiger partial charge in [-0.1, -0.05) is 23.5 Å². The predicted octanol–water partition coefficient (Wildman–Crippen LogP) is 3.95. The number of anilines is 1. The highest BCUT2D eigenvalue weighted by Gasteiger charge is 2.45. The van der Waals surface area contributed by atoms with Gasteiger partial charge in [0.15, 0.2) is 5.13 Å². The number of hydrogen-bond acceptors (Lipinski definition) is 3. The third-order valence-electron chi connectivity index (χ3n) is 4.49. The Bertz CT molecular complexity index is 630. The van der Waals surface area contributed by atoms with Gasteiger partial charge in [-0.3, -0.25) is 5.32 Å². The number of nitrogens with zero attached hydrogens (tertiary/aromatic N) is 2. The van der Waals surface area contributed by atoms with Gasteiger partial charge in [0.25, 0.3) is 0 Å². The first-order chi connectivity index (χ1) is 10.2. The number of thiazole rings is 1. The quantitative estimate of drug-likeness (QED) is 0.929. The molecule has 0 unspecified atom stereocenters. The molecule has 0 radical (unpaired) electrons. The van der Waals surface area contributed by atoms with Gasteiger partial charge in [0, 0.05) is 13.1 Å². The Morgan fingerprint density at radius 1 is 1.29 bits per heavy atom. The van der Waals surface area contributed by atoms with Gasteiger partial charge in [0.1, 0.15) is 0 Å². The second-order valence-electron chi connectivity index (χ2n) is 6.19. The molecule has 1 N–H and O–H groups in total. The Kier molecular flexibility index (Phi) is 3.10. The van der Waals surface area contributed by atoms with Crippen LogP contribution in [0, 0.1) is 11.8 Å². The average molecular weight is 301 g/mol. The van der Waals surface area contributed by atoms with Gasteiger partial charge in [-0.25, -0.2) is 9.78 Å². The number of nitrogens with one attached hydrogen (secondary N) is 1. The van der Waals surface area contributed by atoms with Crippen LogP contribution in [0.5, 0.6) is 0 Å². The van der Waals surface area contributed by atoms with E-state index in [1.54, 1.807) is 0 Å². The number of para-hydroxylation sites is 1. The summed E-state index contributed by atoms with van der Waals surface area (Å²) in [5.74, 6) is 1.45. The normalized spacial score (nSPS) is 18.2. The van der Waals surface area contributed by atoms with Crippen LogP contribution in [0.1, 0.15) is 25.7 Å². The van der Waals surface area contributed by atoms with Crippen molar-refractivity contribution < 1.29 is 4.79 Å². The minimum atomic E-state index is -0.0159. The van der Waals surface area contributed by atoms with Crippen molar-refractivity contribution in [2.75, 3.05) is 12.4 Å². The molecule has 2 fully saturated rings. The molecule has 2 aliphatic rings. The topological polar surface area (TPSA) is 45.2 Å². The van der Waals surface area contributed by atoms with Gasteiger partial charge in [0.05, 0.1) is 10.2 Å². The fourth-order valence-corrected chi connectivity index (χ4v) is 3.99. The van der Waals surface area contributed by atoms with Crippen molar-refractivity contribution in [3.05, 3.63) is 24.3 Å². The molecule has 110 valence electrons. The largest absolute Gasteiger partial charge is 0.324 e. The number of carbonyl (C=O) groups excluding carboxylic acids is 1. The number of carbonyl (C=O) groups is 1. The zero-order valence-electron chi connectivity index (χ0n) is 12.1. The van der Waals surface area contributed by atoms with E-state index in [0.717, 1.165) is 22.1 Å². The van der Waals surface area contributed by atoms with Crippen LogP contribution in [0.25, 0.3) is 10.2 Å². The summed E-state index contributed by atoms with van der Waals surface area (Å²) in [5, 5.41) is 3.66. The number of aromatic nitrogens is 1.